The molecule has 4 N–H and O–H groups in total. The van der Waals surface area contributed by atoms with Crippen LogP contribution in [-0.2, 0) is 36.0 Å². The number of hydrogen-bond acceptors (Lipinski definition) is 10. The van der Waals surface area contributed by atoms with Gasteiger partial charge in [0.1, 0.15) is 0 Å². The topological polar surface area (TPSA) is 156 Å². The second-order valence-electron chi connectivity index (χ2n) is 8.76. The number of hydrogen-bond donors (Lipinski definition) is 4. The fourth-order valence-corrected chi connectivity index (χ4v) is 9.16. The van der Waals surface area contributed by atoms with Gasteiger partial charge in [0.2, 0.25) is 0 Å². The Morgan fingerprint density at radius 2 is 0.738 bits per heavy atom. The zero-order valence-electron chi connectivity index (χ0n) is 26.8. The average molecular weight is 643 g/mol. The number of ether oxygens (including phenoxy) is 2. The van der Waals surface area contributed by atoms with Crippen molar-refractivity contribution in [2.75, 3.05) is 92.2 Å². The van der Waals surface area contributed by atoms with E-state index >= 15 is 0 Å². The van der Waals surface area contributed by atoms with Gasteiger partial charge in [0, 0.05) is 77.9 Å². The number of nitrogens with one attached hydrogen (secondary N) is 4. The van der Waals surface area contributed by atoms with Crippen molar-refractivity contribution in [2.24, 2.45) is 0 Å². The standard InChI is InChI=1S/C26H58N4O10Si2/c1-7-35-41(36-8-2,37-9-3)23-13-15-27-25(31)29-17-19-33-21-22-34-20-18-30-26(32)28-16-14-24-42(38-10-4,39-11-5)40-12-6/h7-24H2,1-6H3,(H2,27,29,31)(H2,28,30,32). The Morgan fingerprint density at radius 1 is 0.452 bits per heavy atom. The lowest BCUT2D eigenvalue weighted by atomic mass is 10.5. The highest BCUT2D eigenvalue weighted by molar-refractivity contribution is 6.61. The van der Waals surface area contributed by atoms with E-state index in [0.29, 0.717) is 117 Å². The van der Waals surface area contributed by atoms with Crippen molar-refractivity contribution in [3.63, 3.8) is 0 Å². The fraction of sp³-hybridized carbons (Fsp3) is 0.923. The number of urea groups is 2. The van der Waals surface area contributed by atoms with Gasteiger partial charge in [-0.25, -0.2) is 9.59 Å². The van der Waals surface area contributed by atoms with Crippen molar-refractivity contribution < 1.29 is 45.6 Å². The van der Waals surface area contributed by atoms with E-state index in [2.05, 4.69) is 21.3 Å². The summed E-state index contributed by atoms with van der Waals surface area (Å²) in [4.78, 5) is 23.9. The smallest absolute Gasteiger partial charge is 0.377 e. The minimum Gasteiger partial charge on any atom is -0.377 e. The highest BCUT2D eigenvalue weighted by Gasteiger charge is 2.40. The van der Waals surface area contributed by atoms with Gasteiger partial charge in [0.05, 0.1) is 26.4 Å². The van der Waals surface area contributed by atoms with Crippen LogP contribution in [0, 0.1) is 0 Å². The molecule has 0 bridgehead atoms. The minimum atomic E-state index is -2.68. The van der Waals surface area contributed by atoms with E-state index < -0.39 is 17.6 Å². The molecule has 42 heavy (non-hydrogen) atoms. The average Bonchev–Trinajstić information content (AvgIpc) is 2.95. The third kappa shape index (κ3) is 20.5. The minimum absolute atomic E-state index is 0.255. The predicted octanol–water partition coefficient (Wildman–Crippen LogP) is 2.50. The second-order valence-corrected chi connectivity index (χ2v) is 14.2. The Balaban J connectivity index is 3.78. The normalized spacial score (nSPS) is 11.9. The van der Waals surface area contributed by atoms with Crippen molar-refractivity contribution >= 4 is 29.7 Å². The first kappa shape index (κ1) is 40.7. The Labute approximate surface area is 255 Å². The van der Waals surface area contributed by atoms with Gasteiger partial charge < -0.3 is 57.3 Å². The molecular weight excluding hydrogens is 584 g/mol. The van der Waals surface area contributed by atoms with Gasteiger partial charge in [-0.05, 0) is 54.4 Å². The van der Waals surface area contributed by atoms with Crippen LogP contribution in [0.4, 0.5) is 9.59 Å². The first-order valence-corrected chi connectivity index (χ1v) is 19.2. The first-order chi connectivity index (χ1) is 20.4. The van der Waals surface area contributed by atoms with Gasteiger partial charge in [-0.1, -0.05) is 0 Å². The first-order valence-electron chi connectivity index (χ1n) is 15.4. The Morgan fingerprint density at radius 3 is 1.02 bits per heavy atom. The zero-order chi connectivity index (χ0) is 31.4. The summed E-state index contributed by atoms with van der Waals surface area (Å²) >= 11 is 0. The third-order valence-electron chi connectivity index (χ3n) is 5.51. The maximum Gasteiger partial charge on any atom is 0.500 e. The van der Waals surface area contributed by atoms with Gasteiger partial charge in [0.25, 0.3) is 0 Å². The lowest BCUT2D eigenvalue weighted by Crippen LogP contribution is -2.46. The van der Waals surface area contributed by atoms with E-state index in [9.17, 15) is 9.59 Å². The van der Waals surface area contributed by atoms with Gasteiger partial charge in [0.15, 0.2) is 0 Å². The molecule has 0 spiro atoms. The van der Waals surface area contributed by atoms with Crippen molar-refractivity contribution in [1.29, 1.82) is 0 Å². The molecule has 0 heterocycles. The van der Waals surface area contributed by atoms with E-state index in [4.69, 9.17) is 36.0 Å². The number of carbonyl (C=O) groups is 2. The SMILES string of the molecule is CCO[Si](CCCNC(=O)NCCOCCOCCNC(=O)NCCC[Si](OCC)(OCC)OCC)(OCC)OCC. The Kier molecular flexibility index (Phi) is 26.3. The van der Waals surface area contributed by atoms with Gasteiger partial charge >= 0.3 is 29.7 Å². The molecule has 0 saturated heterocycles. The van der Waals surface area contributed by atoms with Crippen molar-refractivity contribution in [2.45, 2.75) is 66.5 Å². The van der Waals surface area contributed by atoms with E-state index in [0.717, 1.165) is 0 Å². The van der Waals surface area contributed by atoms with E-state index in [1.165, 1.54) is 0 Å². The molecule has 14 nitrogen and oxygen atoms in total. The molecule has 4 amide bonds. The lowest BCUT2D eigenvalue weighted by Gasteiger charge is -2.28. The molecule has 0 unspecified atom stereocenters. The molecule has 0 rings (SSSR count). The summed E-state index contributed by atoms with van der Waals surface area (Å²) in [5.41, 5.74) is 0. The second kappa shape index (κ2) is 27.2. The number of rotatable bonds is 29. The number of amides is 4. The van der Waals surface area contributed by atoms with Crippen molar-refractivity contribution in [3.05, 3.63) is 0 Å². The van der Waals surface area contributed by atoms with Crippen LogP contribution in [0.15, 0.2) is 0 Å². The molecule has 0 saturated carbocycles. The highest BCUT2D eigenvalue weighted by atomic mass is 28.4. The molecule has 0 radical (unpaired) electrons. The molecule has 0 aliphatic heterocycles. The molecule has 16 heteroatoms. The molecular formula is C26H58N4O10Si2. The summed E-state index contributed by atoms with van der Waals surface area (Å²) in [6.45, 7) is 18.0. The maximum absolute atomic E-state index is 12.0. The molecule has 0 aromatic carbocycles. The zero-order valence-corrected chi connectivity index (χ0v) is 28.8. The maximum atomic E-state index is 12.0. The monoisotopic (exact) mass is 642 g/mol. The van der Waals surface area contributed by atoms with E-state index in [-0.39, 0.29) is 12.1 Å². The lowest BCUT2D eigenvalue weighted by molar-refractivity contribution is 0.0510. The molecule has 0 aromatic rings. The van der Waals surface area contributed by atoms with Gasteiger partial charge in [-0.2, -0.15) is 0 Å². The molecule has 0 atom stereocenters. The van der Waals surface area contributed by atoms with Crippen LogP contribution in [0.25, 0.3) is 0 Å². The van der Waals surface area contributed by atoms with Crippen LogP contribution in [0.3, 0.4) is 0 Å². The molecule has 0 aromatic heterocycles. The highest BCUT2D eigenvalue weighted by Crippen LogP contribution is 2.18. The molecule has 250 valence electrons. The quantitative estimate of drug-likeness (QED) is 0.0706. The summed E-state index contributed by atoms with van der Waals surface area (Å²) in [5.74, 6) is 0. The van der Waals surface area contributed by atoms with Crippen LogP contribution in [0.1, 0.15) is 54.4 Å². The van der Waals surface area contributed by atoms with Crippen molar-refractivity contribution in [1.82, 2.24) is 21.3 Å². The predicted molar refractivity (Wildman–Crippen MR) is 165 cm³/mol. The Hall–Kier alpha value is -1.35. The summed E-state index contributed by atoms with van der Waals surface area (Å²) < 4.78 is 45.8. The van der Waals surface area contributed by atoms with Crippen LogP contribution >= 0.6 is 0 Å². The van der Waals surface area contributed by atoms with Crippen LogP contribution < -0.4 is 21.3 Å². The summed E-state index contributed by atoms with van der Waals surface area (Å²) in [7, 11) is -5.37. The van der Waals surface area contributed by atoms with E-state index in [1.54, 1.807) is 0 Å². The summed E-state index contributed by atoms with van der Waals surface area (Å²) in [6, 6.07) is 0.782. The summed E-state index contributed by atoms with van der Waals surface area (Å²) in [6.07, 6.45) is 1.40. The largest absolute Gasteiger partial charge is 0.500 e. The number of carbonyl (C=O) groups excluding carboxylic acids is 2. The molecule has 0 fully saturated rings. The van der Waals surface area contributed by atoms with Gasteiger partial charge in [-0.15, -0.1) is 0 Å². The van der Waals surface area contributed by atoms with Crippen LogP contribution in [-0.4, -0.2) is 122 Å². The van der Waals surface area contributed by atoms with Crippen LogP contribution in [0.2, 0.25) is 12.1 Å². The molecule has 0 aliphatic rings. The van der Waals surface area contributed by atoms with Crippen LogP contribution in [0.5, 0.6) is 0 Å². The van der Waals surface area contributed by atoms with Gasteiger partial charge in [-0.3, -0.25) is 0 Å². The summed E-state index contributed by atoms with van der Waals surface area (Å²) in [5, 5.41) is 11.2. The fourth-order valence-electron chi connectivity index (χ4n) is 3.94. The molecule has 0 aliphatic carbocycles. The Bertz CT molecular complexity index is 583. The van der Waals surface area contributed by atoms with E-state index in [1.807, 2.05) is 41.5 Å². The third-order valence-corrected chi connectivity index (χ3v) is 11.8. The van der Waals surface area contributed by atoms with Crippen molar-refractivity contribution in [3.8, 4) is 0 Å².